The fourth-order valence-electron chi connectivity index (χ4n) is 1.72. The van der Waals surface area contributed by atoms with E-state index in [4.69, 9.17) is 4.74 Å². The van der Waals surface area contributed by atoms with Gasteiger partial charge in [-0.1, -0.05) is 6.07 Å². The van der Waals surface area contributed by atoms with Crippen LogP contribution in [0.4, 0.5) is 23.7 Å². The number of carbonyl (C=O) groups excluding carboxylic acids is 2. The van der Waals surface area contributed by atoms with E-state index in [1.165, 1.54) is 12.1 Å². The van der Waals surface area contributed by atoms with Crippen LogP contribution in [0.25, 0.3) is 0 Å². The molecule has 0 bridgehead atoms. The van der Waals surface area contributed by atoms with Crippen LogP contribution in [-0.4, -0.2) is 24.3 Å². The van der Waals surface area contributed by atoms with E-state index < -0.39 is 23.4 Å². The SMILES string of the molecule is CC(C)(C)OC(=O)Nc1cc(C(F)(F)F)ccc1CCN=C=O. The Hall–Kier alpha value is -2.34. The smallest absolute Gasteiger partial charge is 0.416 e. The van der Waals surface area contributed by atoms with Crippen molar-refractivity contribution in [1.82, 2.24) is 0 Å². The Morgan fingerprint density at radius 1 is 1.30 bits per heavy atom. The quantitative estimate of drug-likeness (QED) is 0.672. The Balaban J connectivity index is 3.07. The third kappa shape index (κ3) is 6.52. The van der Waals surface area contributed by atoms with Crippen molar-refractivity contribution in [2.45, 2.75) is 39.0 Å². The van der Waals surface area contributed by atoms with Gasteiger partial charge in [-0.25, -0.2) is 14.6 Å². The summed E-state index contributed by atoms with van der Waals surface area (Å²) in [6.45, 7) is 4.97. The van der Waals surface area contributed by atoms with Crippen molar-refractivity contribution < 1.29 is 27.5 Å². The molecule has 0 saturated carbocycles. The van der Waals surface area contributed by atoms with Gasteiger partial charge in [0.15, 0.2) is 0 Å². The van der Waals surface area contributed by atoms with Crippen molar-refractivity contribution in [2.75, 3.05) is 11.9 Å². The average molecular weight is 330 g/mol. The van der Waals surface area contributed by atoms with E-state index in [0.29, 0.717) is 5.56 Å². The van der Waals surface area contributed by atoms with E-state index in [-0.39, 0.29) is 18.7 Å². The molecule has 0 atom stereocenters. The lowest BCUT2D eigenvalue weighted by atomic mass is 10.1. The number of nitrogens with one attached hydrogen (secondary N) is 1. The Labute approximate surface area is 131 Å². The molecule has 0 saturated heterocycles. The second-order valence-corrected chi connectivity index (χ2v) is 5.72. The average Bonchev–Trinajstić information content (AvgIpc) is 2.37. The van der Waals surface area contributed by atoms with Gasteiger partial charge in [0.1, 0.15) is 5.60 Å². The molecule has 0 aromatic heterocycles. The minimum atomic E-state index is -4.54. The van der Waals surface area contributed by atoms with Gasteiger partial charge in [0.2, 0.25) is 6.08 Å². The standard InChI is InChI=1S/C15H17F3N2O3/c1-14(2,3)23-13(22)20-12-8-11(15(16,17)18)5-4-10(12)6-7-19-9-21/h4-5,8H,6-7H2,1-3H3,(H,20,22). The first-order chi connectivity index (χ1) is 10.5. The predicted molar refractivity (Wildman–Crippen MR) is 78.0 cm³/mol. The van der Waals surface area contributed by atoms with Gasteiger partial charge in [-0.15, -0.1) is 0 Å². The predicted octanol–water partition coefficient (Wildman–Crippen LogP) is 3.93. The van der Waals surface area contributed by atoms with Crippen LogP contribution in [0.15, 0.2) is 23.2 Å². The number of nitrogens with zero attached hydrogens (tertiary/aromatic N) is 1. The van der Waals surface area contributed by atoms with E-state index in [1.807, 2.05) is 0 Å². The van der Waals surface area contributed by atoms with Gasteiger partial charge in [-0.05, 0) is 44.9 Å². The Morgan fingerprint density at radius 3 is 2.48 bits per heavy atom. The summed E-state index contributed by atoms with van der Waals surface area (Å²) in [5.74, 6) is 0. The van der Waals surface area contributed by atoms with E-state index in [2.05, 4.69) is 10.3 Å². The zero-order valence-electron chi connectivity index (χ0n) is 13.0. The normalized spacial score (nSPS) is 11.6. The van der Waals surface area contributed by atoms with Gasteiger partial charge in [0.05, 0.1) is 12.1 Å². The molecule has 1 aromatic carbocycles. The molecule has 1 rings (SSSR count). The number of aliphatic imine (C=N–C) groups is 1. The summed E-state index contributed by atoms with van der Waals surface area (Å²) in [6.07, 6.45) is -3.87. The molecule has 126 valence electrons. The van der Waals surface area contributed by atoms with Crippen molar-refractivity contribution in [3.8, 4) is 0 Å². The molecule has 0 fully saturated rings. The van der Waals surface area contributed by atoms with Gasteiger partial charge in [0, 0.05) is 5.69 Å². The number of rotatable bonds is 4. The molecule has 8 heteroatoms. The fraction of sp³-hybridized carbons (Fsp3) is 0.467. The van der Waals surface area contributed by atoms with Gasteiger partial charge in [-0.3, -0.25) is 5.32 Å². The molecule has 0 radical (unpaired) electrons. The molecule has 0 aliphatic carbocycles. The van der Waals surface area contributed by atoms with Gasteiger partial charge in [0.25, 0.3) is 0 Å². The molecule has 0 spiro atoms. The zero-order valence-corrected chi connectivity index (χ0v) is 13.0. The third-order valence-corrected chi connectivity index (χ3v) is 2.63. The second-order valence-electron chi connectivity index (χ2n) is 5.72. The van der Waals surface area contributed by atoms with E-state index >= 15 is 0 Å². The van der Waals surface area contributed by atoms with Crippen molar-refractivity contribution in [3.05, 3.63) is 29.3 Å². The highest BCUT2D eigenvalue weighted by molar-refractivity contribution is 5.86. The number of carbonyl (C=O) groups is 1. The van der Waals surface area contributed by atoms with Crippen LogP contribution in [-0.2, 0) is 22.1 Å². The molecule has 1 N–H and O–H groups in total. The van der Waals surface area contributed by atoms with Crippen LogP contribution >= 0.6 is 0 Å². The number of hydrogen-bond acceptors (Lipinski definition) is 4. The highest BCUT2D eigenvalue weighted by atomic mass is 19.4. The summed E-state index contributed by atoms with van der Waals surface area (Å²) >= 11 is 0. The minimum Gasteiger partial charge on any atom is -0.444 e. The molecule has 5 nitrogen and oxygen atoms in total. The number of isocyanates is 1. The lowest BCUT2D eigenvalue weighted by molar-refractivity contribution is -0.137. The third-order valence-electron chi connectivity index (χ3n) is 2.63. The number of amides is 1. The van der Waals surface area contributed by atoms with E-state index in [0.717, 1.165) is 12.1 Å². The lowest BCUT2D eigenvalue weighted by Gasteiger charge is -2.21. The molecule has 0 unspecified atom stereocenters. The number of ether oxygens (including phenoxy) is 1. The molecule has 0 heterocycles. The summed E-state index contributed by atoms with van der Waals surface area (Å²) in [5, 5.41) is 2.31. The van der Waals surface area contributed by atoms with Crippen LogP contribution in [0.1, 0.15) is 31.9 Å². The first-order valence-corrected chi connectivity index (χ1v) is 6.76. The first kappa shape index (κ1) is 18.7. The number of alkyl halides is 3. The van der Waals surface area contributed by atoms with E-state index in [9.17, 15) is 22.8 Å². The summed E-state index contributed by atoms with van der Waals surface area (Å²) < 4.78 is 43.4. The number of halogens is 3. The molecular weight excluding hydrogens is 313 g/mol. The first-order valence-electron chi connectivity index (χ1n) is 6.76. The lowest BCUT2D eigenvalue weighted by Crippen LogP contribution is -2.27. The molecule has 23 heavy (non-hydrogen) atoms. The monoisotopic (exact) mass is 330 g/mol. The maximum Gasteiger partial charge on any atom is 0.416 e. The van der Waals surface area contributed by atoms with Crippen LogP contribution < -0.4 is 5.32 Å². The number of benzene rings is 1. The second kappa shape index (κ2) is 7.28. The van der Waals surface area contributed by atoms with Gasteiger partial charge >= 0.3 is 12.3 Å². The van der Waals surface area contributed by atoms with Crippen LogP contribution in [0.3, 0.4) is 0 Å². The maximum atomic E-state index is 12.8. The summed E-state index contributed by atoms with van der Waals surface area (Å²) in [4.78, 5) is 25.2. The minimum absolute atomic E-state index is 0.0322. The zero-order chi connectivity index (χ0) is 17.7. The molecule has 1 amide bonds. The topological polar surface area (TPSA) is 67.8 Å². The summed E-state index contributed by atoms with van der Waals surface area (Å²) in [6, 6.07) is 2.96. The van der Waals surface area contributed by atoms with Crippen molar-refractivity contribution in [2.24, 2.45) is 4.99 Å². The summed E-state index contributed by atoms with van der Waals surface area (Å²) in [7, 11) is 0. The Bertz CT molecular complexity index is 615. The maximum absolute atomic E-state index is 12.8. The Morgan fingerprint density at radius 2 is 1.96 bits per heavy atom. The highest BCUT2D eigenvalue weighted by Gasteiger charge is 2.31. The van der Waals surface area contributed by atoms with Crippen molar-refractivity contribution in [1.29, 1.82) is 0 Å². The number of anilines is 1. The molecular formula is C15H17F3N2O3. The van der Waals surface area contributed by atoms with E-state index in [1.54, 1.807) is 20.8 Å². The van der Waals surface area contributed by atoms with Crippen LogP contribution in [0.2, 0.25) is 0 Å². The fourth-order valence-corrected chi connectivity index (χ4v) is 1.72. The summed E-state index contributed by atoms with van der Waals surface area (Å²) in [5.41, 5.74) is -1.31. The molecule has 0 aliphatic rings. The Kier molecular flexibility index (Phi) is 5.92. The number of hydrogen-bond donors (Lipinski definition) is 1. The largest absolute Gasteiger partial charge is 0.444 e. The van der Waals surface area contributed by atoms with Crippen molar-refractivity contribution >= 4 is 17.9 Å². The van der Waals surface area contributed by atoms with Crippen LogP contribution in [0, 0.1) is 0 Å². The van der Waals surface area contributed by atoms with Gasteiger partial charge < -0.3 is 4.74 Å². The van der Waals surface area contributed by atoms with Crippen LogP contribution in [0.5, 0.6) is 0 Å². The molecule has 1 aromatic rings. The van der Waals surface area contributed by atoms with Crippen molar-refractivity contribution in [3.63, 3.8) is 0 Å². The molecule has 0 aliphatic heterocycles. The van der Waals surface area contributed by atoms with Gasteiger partial charge in [-0.2, -0.15) is 13.2 Å². The highest BCUT2D eigenvalue weighted by Crippen LogP contribution is 2.32.